The number of aliphatic hydroxyl groups excluding tert-OH is 5. The highest BCUT2D eigenvalue weighted by Gasteiger charge is 2.44. The van der Waals surface area contributed by atoms with Crippen molar-refractivity contribution in [2.24, 2.45) is 0 Å². The molecule has 0 saturated carbocycles. The summed E-state index contributed by atoms with van der Waals surface area (Å²) >= 11 is 0. The number of carbonyl (C=O) groups excluding carboxylic acids is 1. The lowest BCUT2D eigenvalue weighted by Gasteiger charge is -2.40. The van der Waals surface area contributed by atoms with E-state index in [-0.39, 0.29) is 12.5 Å². The molecular formula is C74H143NO8. The Labute approximate surface area is 515 Å². The van der Waals surface area contributed by atoms with Crippen molar-refractivity contribution in [2.75, 3.05) is 13.2 Å². The molecule has 6 N–H and O–H groups in total. The van der Waals surface area contributed by atoms with E-state index in [1.807, 2.05) is 6.08 Å². The molecule has 0 aliphatic carbocycles. The standard InChI is InChI=1S/C74H143NO8/c1-3-5-7-9-11-13-15-17-19-21-23-24-25-26-27-28-29-30-31-32-33-34-35-36-37-38-39-40-41-42-43-44-46-48-50-52-54-56-58-60-62-64-70(78)75-67(66-82-74-73(81)72(80)71(79)69(65-76)83-74)68(77)63-61-59-57-55-53-51-49-47-45-22-20-18-16-14-12-10-8-6-4-2/h53,55,61,63,67-69,71-74,76-77,79-81H,3-52,54,56-60,62,64-66H2,1-2H3,(H,75,78)/b55-53+,63-61+. The maximum atomic E-state index is 13.1. The normalized spacial score (nSPS) is 18.3. The summed E-state index contributed by atoms with van der Waals surface area (Å²) in [7, 11) is 0. The minimum atomic E-state index is -1.57. The molecule has 0 aromatic carbocycles. The molecule has 83 heavy (non-hydrogen) atoms. The van der Waals surface area contributed by atoms with Crippen LogP contribution in [0.2, 0.25) is 0 Å². The van der Waals surface area contributed by atoms with E-state index < -0.39 is 49.5 Å². The predicted molar refractivity (Wildman–Crippen MR) is 355 cm³/mol. The molecule has 0 bridgehead atoms. The molecule has 0 radical (unpaired) electrons. The highest BCUT2D eigenvalue weighted by Crippen LogP contribution is 2.24. The molecule has 7 unspecified atom stereocenters. The average Bonchev–Trinajstić information content (AvgIpc) is 3.50. The first-order valence-corrected chi connectivity index (χ1v) is 37.1. The van der Waals surface area contributed by atoms with Gasteiger partial charge in [0.1, 0.15) is 24.4 Å². The van der Waals surface area contributed by atoms with Gasteiger partial charge in [-0.2, -0.15) is 0 Å². The number of ether oxygens (including phenoxy) is 2. The van der Waals surface area contributed by atoms with Gasteiger partial charge in [0.2, 0.25) is 5.91 Å². The first-order valence-electron chi connectivity index (χ1n) is 37.1. The summed E-state index contributed by atoms with van der Waals surface area (Å²) in [5.74, 6) is -0.178. The summed E-state index contributed by atoms with van der Waals surface area (Å²) in [5, 5.41) is 54.7. The number of allylic oxidation sites excluding steroid dienone is 3. The third-order valence-corrected chi connectivity index (χ3v) is 18.0. The largest absolute Gasteiger partial charge is 0.394 e. The zero-order chi connectivity index (χ0) is 60.0. The van der Waals surface area contributed by atoms with E-state index in [1.54, 1.807) is 6.08 Å². The van der Waals surface area contributed by atoms with Crippen LogP contribution in [0.1, 0.15) is 386 Å². The van der Waals surface area contributed by atoms with Crippen LogP contribution in [-0.4, -0.2) is 87.5 Å². The summed E-state index contributed by atoms with van der Waals surface area (Å²) in [6.07, 6.45) is 77.6. The van der Waals surface area contributed by atoms with Crippen LogP contribution in [0.4, 0.5) is 0 Å². The highest BCUT2D eigenvalue weighted by molar-refractivity contribution is 5.76. The van der Waals surface area contributed by atoms with Crippen molar-refractivity contribution in [2.45, 2.75) is 429 Å². The second-order valence-electron chi connectivity index (χ2n) is 26.1. The van der Waals surface area contributed by atoms with Crippen LogP contribution >= 0.6 is 0 Å². The number of unbranched alkanes of at least 4 members (excludes halogenated alkanes) is 54. The highest BCUT2D eigenvalue weighted by atomic mass is 16.7. The minimum absolute atomic E-state index is 0.178. The number of carbonyl (C=O) groups is 1. The lowest BCUT2D eigenvalue weighted by Crippen LogP contribution is -2.60. The zero-order valence-corrected chi connectivity index (χ0v) is 55.2. The summed E-state index contributed by atoms with van der Waals surface area (Å²) < 4.78 is 11.3. The molecule has 1 heterocycles. The fraction of sp³-hybridized carbons (Fsp3) is 0.932. The number of hydrogen-bond donors (Lipinski definition) is 6. The molecule has 1 saturated heterocycles. The Hall–Kier alpha value is -1.33. The van der Waals surface area contributed by atoms with Crippen molar-refractivity contribution in [3.05, 3.63) is 24.3 Å². The molecule has 1 aliphatic rings. The van der Waals surface area contributed by atoms with Crippen LogP contribution in [0.15, 0.2) is 24.3 Å². The summed E-state index contributed by atoms with van der Waals surface area (Å²) in [6, 6.07) is -0.820. The van der Waals surface area contributed by atoms with Crippen LogP contribution < -0.4 is 5.32 Å². The first kappa shape index (κ1) is 79.7. The average molecular weight is 1170 g/mol. The lowest BCUT2D eigenvalue weighted by molar-refractivity contribution is -0.302. The van der Waals surface area contributed by atoms with Crippen molar-refractivity contribution >= 4 is 5.91 Å². The van der Waals surface area contributed by atoms with Gasteiger partial charge >= 0.3 is 0 Å². The van der Waals surface area contributed by atoms with Crippen molar-refractivity contribution < 1.29 is 39.8 Å². The molecular weight excluding hydrogens is 1030 g/mol. The third-order valence-electron chi connectivity index (χ3n) is 18.0. The fourth-order valence-electron chi connectivity index (χ4n) is 12.2. The second-order valence-corrected chi connectivity index (χ2v) is 26.1. The molecule has 9 nitrogen and oxygen atoms in total. The smallest absolute Gasteiger partial charge is 0.220 e. The summed E-state index contributed by atoms with van der Waals surface area (Å²) in [6.45, 7) is 3.82. The first-order chi connectivity index (χ1) is 40.8. The van der Waals surface area contributed by atoms with Crippen molar-refractivity contribution in [3.8, 4) is 0 Å². The Morgan fingerprint density at radius 2 is 0.687 bits per heavy atom. The van der Waals surface area contributed by atoms with Gasteiger partial charge in [-0.15, -0.1) is 0 Å². The van der Waals surface area contributed by atoms with Crippen LogP contribution in [0.3, 0.4) is 0 Å². The van der Waals surface area contributed by atoms with Crippen LogP contribution in [-0.2, 0) is 14.3 Å². The maximum Gasteiger partial charge on any atom is 0.220 e. The Bertz CT molecular complexity index is 1360. The van der Waals surface area contributed by atoms with Crippen LogP contribution in [0, 0.1) is 0 Å². The van der Waals surface area contributed by atoms with Gasteiger partial charge in [-0.1, -0.05) is 372 Å². The number of rotatable bonds is 66. The molecule has 1 fully saturated rings. The van der Waals surface area contributed by atoms with Gasteiger partial charge in [0.05, 0.1) is 25.4 Å². The van der Waals surface area contributed by atoms with E-state index in [2.05, 4.69) is 31.3 Å². The van der Waals surface area contributed by atoms with E-state index in [0.717, 1.165) is 38.5 Å². The number of hydrogen-bond acceptors (Lipinski definition) is 8. The number of amides is 1. The zero-order valence-electron chi connectivity index (χ0n) is 55.2. The summed E-state index contributed by atoms with van der Waals surface area (Å²) in [4.78, 5) is 13.1. The van der Waals surface area contributed by atoms with Crippen LogP contribution in [0.5, 0.6) is 0 Å². The second kappa shape index (κ2) is 63.7. The molecule has 7 atom stereocenters. The van der Waals surface area contributed by atoms with Gasteiger partial charge in [0.25, 0.3) is 0 Å². The van der Waals surface area contributed by atoms with Gasteiger partial charge < -0.3 is 40.3 Å². The predicted octanol–water partition coefficient (Wildman–Crippen LogP) is 20.4. The topological polar surface area (TPSA) is 149 Å². The summed E-state index contributed by atoms with van der Waals surface area (Å²) in [5.41, 5.74) is 0. The van der Waals surface area contributed by atoms with E-state index in [1.165, 1.54) is 327 Å². The SMILES string of the molecule is CCCCCCCCCCCCCCC/C=C/CC/C=C/C(O)C(COC1OC(CO)C(O)C(O)C1O)NC(=O)CCCCCCCCCCCCCCCCCCCCCCCCCCCCCCCCCCCCCCCCCCC. The van der Waals surface area contributed by atoms with E-state index in [9.17, 15) is 30.3 Å². The van der Waals surface area contributed by atoms with Gasteiger partial charge in [0.15, 0.2) is 6.29 Å². The van der Waals surface area contributed by atoms with Crippen molar-refractivity contribution in [3.63, 3.8) is 0 Å². The molecule has 0 spiro atoms. The van der Waals surface area contributed by atoms with Crippen molar-refractivity contribution in [1.82, 2.24) is 5.32 Å². The molecule has 492 valence electrons. The molecule has 0 aromatic rings. The van der Waals surface area contributed by atoms with Gasteiger partial charge in [-0.25, -0.2) is 0 Å². The monoisotopic (exact) mass is 1170 g/mol. The Morgan fingerprint density at radius 3 is 1.01 bits per heavy atom. The maximum absolute atomic E-state index is 13.1. The number of nitrogens with one attached hydrogen (secondary N) is 1. The Morgan fingerprint density at radius 1 is 0.398 bits per heavy atom. The molecule has 1 rings (SSSR count). The molecule has 1 amide bonds. The molecule has 1 aliphatic heterocycles. The molecule has 0 aromatic heterocycles. The number of aliphatic hydroxyl groups is 5. The Balaban J connectivity index is 2.02. The quantitative estimate of drug-likeness (QED) is 0.0261. The van der Waals surface area contributed by atoms with Gasteiger partial charge in [-0.3, -0.25) is 4.79 Å². The van der Waals surface area contributed by atoms with E-state index >= 15 is 0 Å². The van der Waals surface area contributed by atoms with Crippen molar-refractivity contribution in [1.29, 1.82) is 0 Å². The van der Waals surface area contributed by atoms with Crippen LogP contribution in [0.25, 0.3) is 0 Å². The molecule has 9 heteroatoms. The minimum Gasteiger partial charge on any atom is -0.394 e. The lowest BCUT2D eigenvalue weighted by atomic mass is 9.99. The Kier molecular flexibility index (Phi) is 61.1. The third kappa shape index (κ3) is 52.3. The van der Waals surface area contributed by atoms with Gasteiger partial charge in [0, 0.05) is 6.42 Å². The van der Waals surface area contributed by atoms with Gasteiger partial charge in [-0.05, 0) is 32.1 Å². The fourth-order valence-corrected chi connectivity index (χ4v) is 12.2. The van der Waals surface area contributed by atoms with E-state index in [0.29, 0.717) is 6.42 Å². The van der Waals surface area contributed by atoms with E-state index in [4.69, 9.17) is 9.47 Å².